The second-order valence-electron chi connectivity index (χ2n) is 5.40. The van der Waals surface area contributed by atoms with Crippen LogP contribution in [0.5, 0.6) is 0 Å². The molecule has 0 aromatic heterocycles. The van der Waals surface area contributed by atoms with Gasteiger partial charge in [0.05, 0.1) is 0 Å². The monoisotopic (exact) mass is 276 g/mol. The van der Waals surface area contributed by atoms with Crippen molar-refractivity contribution < 1.29 is 14.7 Å². The molecule has 2 rings (SSSR count). The van der Waals surface area contributed by atoms with Crippen LogP contribution in [-0.4, -0.2) is 29.6 Å². The van der Waals surface area contributed by atoms with E-state index in [-0.39, 0.29) is 11.8 Å². The molecule has 0 bridgehead atoms. The first-order valence-electron chi connectivity index (χ1n) is 6.86. The third kappa shape index (κ3) is 2.99. The summed E-state index contributed by atoms with van der Waals surface area (Å²) in [5.41, 5.74) is 2.73. The molecule has 0 aliphatic carbocycles. The average Bonchev–Trinajstić information content (AvgIpc) is 2.43. The van der Waals surface area contributed by atoms with Crippen molar-refractivity contribution in [3.63, 3.8) is 0 Å². The van der Waals surface area contributed by atoms with Crippen LogP contribution in [-0.2, 0) is 17.8 Å². The van der Waals surface area contributed by atoms with Crippen LogP contribution in [0.1, 0.15) is 35.3 Å². The molecule has 1 heterocycles. The molecule has 1 aliphatic heterocycles. The molecule has 1 aliphatic rings. The van der Waals surface area contributed by atoms with Crippen LogP contribution >= 0.6 is 0 Å². The normalized spacial score (nSPS) is 15.6. The van der Waals surface area contributed by atoms with Crippen LogP contribution in [0.3, 0.4) is 0 Å². The number of hydrogen-bond donors (Lipinski definition) is 3. The molecule has 108 valence electrons. The minimum absolute atomic E-state index is 0.155. The van der Waals surface area contributed by atoms with E-state index in [1.54, 1.807) is 19.9 Å². The number of fused-ring (bicyclic) bond motifs is 1. The third-order valence-electron chi connectivity index (χ3n) is 3.60. The van der Waals surface area contributed by atoms with Gasteiger partial charge in [0.15, 0.2) is 0 Å². The number of carbonyl (C=O) groups is 2. The second-order valence-corrected chi connectivity index (χ2v) is 5.40. The Morgan fingerprint density at radius 2 is 2.10 bits per heavy atom. The summed E-state index contributed by atoms with van der Waals surface area (Å²) in [5.74, 6) is -1.46. The molecule has 0 fully saturated rings. The highest BCUT2D eigenvalue weighted by molar-refractivity contribution is 5.98. The summed E-state index contributed by atoms with van der Waals surface area (Å²) in [7, 11) is 0. The zero-order valence-electron chi connectivity index (χ0n) is 11.8. The van der Waals surface area contributed by atoms with Gasteiger partial charge in [-0.2, -0.15) is 0 Å². The number of carboxylic acid groups (broad SMARTS) is 1. The fraction of sp³-hybridized carbons (Fsp3) is 0.467. The van der Waals surface area contributed by atoms with Gasteiger partial charge in [0.1, 0.15) is 6.04 Å². The first kappa shape index (κ1) is 14.5. The fourth-order valence-corrected chi connectivity index (χ4v) is 2.48. The number of carboxylic acids is 1. The summed E-state index contributed by atoms with van der Waals surface area (Å²) in [5, 5.41) is 15.0. The smallest absolute Gasteiger partial charge is 0.326 e. The Labute approximate surface area is 118 Å². The average molecular weight is 276 g/mol. The van der Waals surface area contributed by atoms with Crippen molar-refractivity contribution in [3.05, 3.63) is 34.9 Å². The maximum atomic E-state index is 12.3. The molecule has 1 aromatic rings. The van der Waals surface area contributed by atoms with Gasteiger partial charge in [0, 0.05) is 12.1 Å². The van der Waals surface area contributed by atoms with Gasteiger partial charge in [-0.3, -0.25) is 4.79 Å². The quantitative estimate of drug-likeness (QED) is 0.771. The summed E-state index contributed by atoms with van der Waals surface area (Å²) in [4.78, 5) is 23.5. The molecule has 5 nitrogen and oxygen atoms in total. The van der Waals surface area contributed by atoms with Crippen molar-refractivity contribution in [1.82, 2.24) is 10.6 Å². The van der Waals surface area contributed by atoms with E-state index in [1.807, 2.05) is 12.1 Å². The van der Waals surface area contributed by atoms with E-state index in [0.29, 0.717) is 5.56 Å². The van der Waals surface area contributed by atoms with E-state index in [2.05, 4.69) is 10.6 Å². The molecule has 5 heteroatoms. The van der Waals surface area contributed by atoms with E-state index in [0.717, 1.165) is 30.6 Å². The highest BCUT2D eigenvalue weighted by atomic mass is 16.4. The zero-order chi connectivity index (χ0) is 14.7. The number of aliphatic carboxylic acids is 1. The lowest BCUT2D eigenvalue weighted by atomic mass is 9.94. The van der Waals surface area contributed by atoms with Crippen LogP contribution in [0.4, 0.5) is 0 Å². The van der Waals surface area contributed by atoms with Gasteiger partial charge in [0.2, 0.25) is 0 Å². The molecule has 1 atom stereocenters. The summed E-state index contributed by atoms with van der Waals surface area (Å²) in [6, 6.07) is 4.74. The molecule has 0 saturated carbocycles. The molecule has 0 radical (unpaired) electrons. The number of rotatable bonds is 4. The number of amides is 1. The van der Waals surface area contributed by atoms with Crippen molar-refractivity contribution in [2.45, 2.75) is 32.9 Å². The number of carbonyl (C=O) groups excluding carboxylic acids is 1. The largest absolute Gasteiger partial charge is 0.480 e. The van der Waals surface area contributed by atoms with Gasteiger partial charge in [-0.1, -0.05) is 26.0 Å². The van der Waals surface area contributed by atoms with Gasteiger partial charge in [-0.25, -0.2) is 4.79 Å². The van der Waals surface area contributed by atoms with Crippen LogP contribution in [0, 0.1) is 5.92 Å². The fourth-order valence-electron chi connectivity index (χ4n) is 2.48. The number of benzene rings is 1. The highest BCUT2D eigenvalue weighted by Crippen LogP contribution is 2.19. The minimum atomic E-state index is -1.00. The Balaban J connectivity index is 2.23. The third-order valence-corrected chi connectivity index (χ3v) is 3.60. The standard InChI is InChI=1S/C15H20N2O3/c1-9(2)13(15(19)20)17-14(18)12-5-3-4-10-8-16-7-6-11(10)12/h3-5,9,13,16H,6-8H2,1-2H3,(H,17,18)(H,19,20)/t13-/m1/s1. The van der Waals surface area contributed by atoms with E-state index in [9.17, 15) is 9.59 Å². The Morgan fingerprint density at radius 3 is 2.75 bits per heavy atom. The van der Waals surface area contributed by atoms with Gasteiger partial charge >= 0.3 is 5.97 Å². The van der Waals surface area contributed by atoms with Crippen LogP contribution < -0.4 is 10.6 Å². The lowest BCUT2D eigenvalue weighted by Crippen LogP contribution is -2.44. The molecule has 1 amide bonds. The van der Waals surface area contributed by atoms with E-state index < -0.39 is 12.0 Å². The SMILES string of the molecule is CC(C)[C@@H](NC(=O)c1cccc2c1CCNC2)C(=O)O. The lowest BCUT2D eigenvalue weighted by molar-refractivity contribution is -0.140. The van der Waals surface area contributed by atoms with E-state index in [1.165, 1.54) is 0 Å². The number of hydrogen-bond acceptors (Lipinski definition) is 3. The van der Waals surface area contributed by atoms with Crippen LogP contribution in [0.25, 0.3) is 0 Å². The zero-order valence-corrected chi connectivity index (χ0v) is 11.8. The molecule has 0 spiro atoms. The molecule has 0 unspecified atom stereocenters. The molecular weight excluding hydrogens is 256 g/mol. The predicted molar refractivity (Wildman–Crippen MR) is 75.6 cm³/mol. The first-order chi connectivity index (χ1) is 9.50. The Hall–Kier alpha value is -1.88. The van der Waals surface area contributed by atoms with Crippen molar-refractivity contribution in [2.24, 2.45) is 5.92 Å². The van der Waals surface area contributed by atoms with Gasteiger partial charge in [-0.15, -0.1) is 0 Å². The molecule has 0 saturated heterocycles. The summed E-state index contributed by atoms with van der Waals surface area (Å²) in [6.45, 7) is 5.15. The second kappa shape index (κ2) is 6.05. The first-order valence-corrected chi connectivity index (χ1v) is 6.86. The predicted octanol–water partition coefficient (Wildman–Crippen LogP) is 1.17. The van der Waals surface area contributed by atoms with Gasteiger partial charge in [-0.05, 0) is 36.1 Å². The van der Waals surface area contributed by atoms with Crippen LogP contribution in [0.2, 0.25) is 0 Å². The summed E-state index contributed by atoms with van der Waals surface area (Å²) >= 11 is 0. The van der Waals surface area contributed by atoms with Gasteiger partial charge in [0.25, 0.3) is 5.91 Å². The molecule has 1 aromatic carbocycles. The van der Waals surface area contributed by atoms with Crippen molar-refractivity contribution >= 4 is 11.9 Å². The maximum Gasteiger partial charge on any atom is 0.326 e. The minimum Gasteiger partial charge on any atom is -0.480 e. The van der Waals surface area contributed by atoms with Crippen molar-refractivity contribution in [2.75, 3.05) is 6.54 Å². The number of nitrogens with one attached hydrogen (secondary N) is 2. The Kier molecular flexibility index (Phi) is 4.39. The Bertz CT molecular complexity index is 526. The molecule has 20 heavy (non-hydrogen) atoms. The highest BCUT2D eigenvalue weighted by Gasteiger charge is 2.25. The van der Waals surface area contributed by atoms with Crippen molar-refractivity contribution in [1.29, 1.82) is 0 Å². The summed E-state index contributed by atoms with van der Waals surface area (Å²) in [6.07, 6.45) is 0.790. The topological polar surface area (TPSA) is 78.4 Å². The molecule has 3 N–H and O–H groups in total. The molecular formula is C15H20N2O3. The Morgan fingerprint density at radius 1 is 1.35 bits per heavy atom. The van der Waals surface area contributed by atoms with E-state index in [4.69, 9.17) is 5.11 Å². The van der Waals surface area contributed by atoms with Crippen LogP contribution in [0.15, 0.2) is 18.2 Å². The van der Waals surface area contributed by atoms with Gasteiger partial charge < -0.3 is 15.7 Å². The van der Waals surface area contributed by atoms with E-state index >= 15 is 0 Å². The lowest BCUT2D eigenvalue weighted by Gasteiger charge is -2.22. The maximum absolute atomic E-state index is 12.3. The summed E-state index contributed by atoms with van der Waals surface area (Å²) < 4.78 is 0. The van der Waals surface area contributed by atoms with Crippen molar-refractivity contribution in [3.8, 4) is 0 Å².